The number of carbonyl (C=O) groups is 2. The molecule has 3 aromatic rings. The Balaban J connectivity index is 1.53. The Morgan fingerprint density at radius 1 is 1.00 bits per heavy atom. The average molecular weight is 513 g/mol. The number of amidine groups is 1. The summed E-state index contributed by atoms with van der Waals surface area (Å²) in [5, 5.41) is 21.5. The van der Waals surface area contributed by atoms with Gasteiger partial charge in [-0.3, -0.25) is 14.5 Å². The van der Waals surface area contributed by atoms with Crippen LogP contribution in [0.2, 0.25) is 10.0 Å². The number of nitrogens with zero attached hydrogens (tertiary/aromatic N) is 3. The molecular weight excluding hydrogens is 495 g/mol. The van der Waals surface area contributed by atoms with Gasteiger partial charge in [0.2, 0.25) is 11.8 Å². The van der Waals surface area contributed by atoms with E-state index in [4.69, 9.17) is 23.2 Å². The van der Waals surface area contributed by atoms with Crippen molar-refractivity contribution in [2.24, 2.45) is 10.2 Å². The van der Waals surface area contributed by atoms with E-state index in [9.17, 15) is 14.7 Å². The smallest absolute Gasteiger partial charge is 0.247 e. The molecule has 4 rings (SSSR count). The van der Waals surface area contributed by atoms with E-state index in [1.165, 1.54) is 17.0 Å². The fourth-order valence-corrected chi connectivity index (χ4v) is 4.46. The number of nitrogens with one attached hydrogen (secondary N) is 1. The molecule has 3 aromatic carbocycles. The molecule has 2 amide bonds. The molecule has 172 valence electrons. The lowest BCUT2D eigenvalue weighted by Gasteiger charge is -2.16. The Morgan fingerprint density at radius 2 is 1.62 bits per heavy atom. The molecule has 1 fully saturated rings. The minimum Gasteiger partial charge on any atom is -0.508 e. The quantitative estimate of drug-likeness (QED) is 0.333. The second-order valence-electron chi connectivity index (χ2n) is 7.23. The van der Waals surface area contributed by atoms with Crippen molar-refractivity contribution in [3.05, 3.63) is 88.4 Å². The van der Waals surface area contributed by atoms with E-state index in [0.717, 1.165) is 17.3 Å². The number of phenols is 1. The van der Waals surface area contributed by atoms with Crippen LogP contribution in [-0.2, 0) is 9.59 Å². The average Bonchev–Trinajstić information content (AvgIpc) is 3.12. The van der Waals surface area contributed by atoms with Gasteiger partial charge in [-0.05, 0) is 66.2 Å². The summed E-state index contributed by atoms with van der Waals surface area (Å²) in [6.45, 7) is 0. The molecule has 0 bridgehead atoms. The van der Waals surface area contributed by atoms with Crippen LogP contribution in [0.15, 0.2) is 83.0 Å². The van der Waals surface area contributed by atoms with Crippen LogP contribution in [0.5, 0.6) is 5.75 Å². The second-order valence-corrected chi connectivity index (χ2v) is 9.28. The minimum absolute atomic E-state index is 0.0549. The first-order chi connectivity index (χ1) is 16.4. The fourth-order valence-electron chi connectivity index (χ4n) is 3.11. The van der Waals surface area contributed by atoms with Crippen molar-refractivity contribution < 1.29 is 14.7 Å². The van der Waals surface area contributed by atoms with E-state index in [1.54, 1.807) is 66.9 Å². The third-order valence-electron chi connectivity index (χ3n) is 4.76. The van der Waals surface area contributed by atoms with E-state index in [1.807, 2.05) is 0 Å². The number of benzene rings is 3. The maximum atomic E-state index is 13.2. The third kappa shape index (κ3) is 5.96. The third-order valence-corrected chi connectivity index (χ3v) is 6.39. The Morgan fingerprint density at radius 3 is 2.26 bits per heavy atom. The van der Waals surface area contributed by atoms with Crippen LogP contribution in [0.4, 0.5) is 11.4 Å². The SMILES string of the molecule is O=C(CC1SC(=NN=Cc2ccc(Cl)cc2)N(c2ccc(O)cc2)C1=O)Nc1ccc(Cl)cc1. The van der Waals surface area contributed by atoms with Crippen molar-refractivity contribution in [1.29, 1.82) is 0 Å². The number of aromatic hydroxyl groups is 1. The lowest BCUT2D eigenvalue weighted by molar-refractivity contribution is -0.121. The number of halogens is 2. The highest BCUT2D eigenvalue weighted by Crippen LogP contribution is 2.34. The lowest BCUT2D eigenvalue weighted by Crippen LogP contribution is -2.33. The van der Waals surface area contributed by atoms with E-state index in [0.29, 0.717) is 26.6 Å². The second kappa shape index (κ2) is 10.7. The molecule has 0 saturated carbocycles. The predicted molar refractivity (Wildman–Crippen MR) is 138 cm³/mol. The highest BCUT2D eigenvalue weighted by molar-refractivity contribution is 8.16. The van der Waals surface area contributed by atoms with Crippen LogP contribution in [0.3, 0.4) is 0 Å². The standard InChI is InChI=1S/C24H18Cl2N4O3S/c25-16-3-1-15(2-4-16)14-27-29-24-30(19-9-11-20(31)12-10-19)23(33)21(34-24)13-22(32)28-18-7-5-17(26)6-8-18/h1-12,14,21,31H,13H2,(H,28,32). The first kappa shape index (κ1) is 23.8. The molecular formula is C24H18Cl2N4O3S. The molecule has 1 heterocycles. The molecule has 0 spiro atoms. The van der Waals surface area contributed by atoms with Gasteiger partial charge in [0.25, 0.3) is 0 Å². The molecule has 0 aliphatic carbocycles. The van der Waals surface area contributed by atoms with Crippen LogP contribution in [0.1, 0.15) is 12.0 Å². The summed E-state index contributed by atoms with van der Waals surface area (Å²) >= 11 is 12.9. The lowest BCUT2D eigenvalue weighted by atomic mass is 10.2. The minimum atomic E-state index is -0.689. The van der Waals surface area contributed by atoms with Gasteiger partial charge in [0.1, 0.15) is 11.0 Å². The van der Waals surface area contributed by atoms with Crippen molar-refractivity contribution in [3.8, 4) is 5.75 Å². The summed E-state index contributed by atoms with van der Waals surface area (Å²) in [7, 11) is 0. The molecule has 34 heavy (non-hydrogen) atoms. The highest BCUT2D eigenvalue weighted by atomic mass is 35.5. The monoisotopic (exact) mass is 512 g/mol. The molecule has 1 aliphatic rings. The Hall–Kier alpha value is -3.33. The molecule has 10 heteroatoms. The van der Waals surface area contributed by atoms with Gasteiger partial charge in [-0.15, -0.1) is 5.10 Å². The van der Waals surface area contributed by atoms with Crippen molar-refractivity contribution in [2.45, 2.75) is 11.7 Å². The van der Waals surface area contributed by atoms with Crippen molar-refractivity contribution in [1.82, 2.24) is 0 Å². The van der Waals surface area contributed by atoms with E-state index < -0.39 is 5.25 Å². The largest absolute Gasteiger partial charge is 0.508 e. The van der Waals surface area contributed by atoms with Gasteiger partial charge in [0.05, 0.1) is 11.9 Å². The number of anilines is 2. The fraction of sp³-hybridized carbons (Fsp3) is 0.0833. The first-order valence-corrected chi connectivity index (χ1v) is 11.7. The van der Waals surface area contributed by atoms with Crippen LogP contribution in [0, 0.1) is 0 Å². The molecule has 1 atom stereocenters. The number of thioether (sulfide) groups is 1. The van der Waals surface area contributed by atoms with Gasteiger partial charge in [0, 0.05) is 22.2 Å². The van der Waals surface area contributed by atoms with Crippen molar-refractivity contribution in [2.75, 3.05) is 10.2 Å². The van der Waals surface area contributed by atoms with Gasteiger partial charge >= 0.3 is 0 Å². The number of hydrogen-bond acceptors (Lipinski definition) is 6. The summed E-state index contributed by atoms with van der Waals surface area (Å²) in [5.74, 6) is -0.548. The molecule has 2 N–H and O–H groups in total. The molecule has 1 saturated heterocycles. The van der Waals surface area contributed by atoms with Crippen molar-refractivity contribution in [3.63, 3.8) is 0 Å². The van der Waals surface area contributed by atoms with Crippen LogP contribution < -0.4 is 10.2 Å². The number of hydrogen-bond donors (Lipinski definition) is 2. The zero-order valence-electron chi connectivity index (χ0n) is 17.6. The van der Waals surface area contributed by atoms with Crippen LogP contribution >= 0.6 is 35.0 Å². The Kier molecular flexibility index (Phi) is 7.52. The van der Waals surface area contributed by atoms with E-state index in [-0.39, 0.29) is 24.0 Å². The summed E-state index contributed by atoms with van der Waals surface area (Å²) in [5.41, 5.74) is 1.89. The summed E-state index contributed by atoms with van der Waals surface area (Å²) in [4.78, 5) is 27.2. The maximum absolute atomic E-state index is 13.2. The molecule has 0 radical (unpaired) electrons. The molecule has 1 unspecified atom stereocenters. The summed E-state index contributed by atoms with van der Waals surface area (Å²) in [6.07, 6.45) is 1.49. The first-order valence-electron chi connectivity index (χ1n) is 10.1. The zero-order valence-corrected chi connectivity index (χ0v) is 19.9. The van der Waals surface area contributed by atoms with Gasteiger partial charge in [0.15, 0.2) is 5.17 Å². The van der Waals surface area contributed by atoms with Gasteiger partial charge < -0.3 is 10.4 Å². The Bertz CT molecular complexity index is 1250. The van der Waals surface area contributed by atoms with Gasteiger partial charge in [-0.25, -0.2) is 0 Å². The highest BCUT2D eigenvalue weighted by Gasteiger charge is 2.40. The topological polar surface area (TPSA) is 94.4 Å². The number of carbonyl (C=O) groups excluding carboxylic acids is 2. The Labute approximate surface area is 210 Å². The number of phenolic OH excluding ortho intramolecular Hbond substituents is 1. The number of rotatable bonds is 6. The van der Waals surface area contributed by atoms with E-state index >= 15 is 0 Å². The summed E-state index contributed by atoms with van der Waals surface area (Å²) < 4.78 is 0. The van der Waals surface area contributed by atoms with Gasteiger partial charge in [-0.1, -0.05) is 47.1 Å². The number of amides is 2. The van der Waals surface area contributed by atoms with Gasteiger partial charge in [-0.2, -0.15) is 5.10 Å². The van der Waals surface area contributed by atoms with Crippen LogP contribution in [-0.4, -0.2) is 33.6 Å². The predicted octanol–water partition coefficient (Wildman–Crippen LogP) is 5.57. The zero-order chi connectivity index (χ0) is 24.1. The molecule has 1 aliphatic heterocycles. The maximum Gasteiger partial charge on any atom is 0.247 e. The normalized spacial score (nSPS) is 17.0. The molecule has 0 aromatic heterocycles. The van der Waals surface area contributed by atoms with Crippen LogP contribution in [0.25, 0.3) is 0 Å². The molecule has 7 nitrogen and oxygen atoms in total. The van der Waals surface area contributed by atoms with Crippen molar-refractivity contribution >= 4 is 69.5 Å². The van der Waals surface area contributed by atoms with E-state index in [2.05, 4.69) is 15.5 Å². The summed E-state index contributed by atoms with van der Waals surface area (Å²) in [6, 6.07) is 19.9.